The lowest BCUT2D eigenvalue weighted by Crippen LogP contribution is -2.47. The van der Waals surface area contributed by atoms with E-state index in [2.05, 4.69) is 25.8 Å². The van der Waals surface area contributed by atoms with Crippen molar-refractivity contribution in [3.8, 4) is 22.9 Å². The van der Waals surface area contributed by atoms with E-state index in [1.54, 1.807) is 30.3 Å². The van der Waals surface area contributed by atoms with Crippen molar-refractivity contribution in [1.82, 2.24) is 20.5 Å². The van der Waals surface area contributed by atoms with Crippen LogP contribution in [0.4, 0.5) is 5.69 Å². The smallest absolute Gasteiger partial charge is 0.252 e. The van der Waals surface area contributed by atoms with Crippen molar-refractivity contribution >= 4 is 17.5 Å². The number of aromatic nitrogens is 3. The maximum absolute atomic E-state index is 13.0. The van der Waals surface area contributed by atoms with E-state index in [0.717, 1.165) is 5.56 Å². The molecule has 1 aromatic heterocycles. The molecule has 9 heteroatoms. The normalized spacial score (nSPS) is 11.7. The first-order chi connectivity index (χ1) is 15.3. The van der Waals surface area contributed by atoms with Gasteiger partial charge in [-0.1, -0.05) is 26.0 Å². The third-order valence-electron chi connectivity index (χ3n) is 4.83. The van der Waals surface area contributed by atoms with E-state index < -0.39 is 11.9 Å². The molecule has 0 radical (unpaired) electrons. The molecule has 9 nitrogen and oxygen atoms in total. The van der Waals surface area contributed by atoms with Crippen LogP contribution in [0.25, 0.3) is 11.4 Å². The zero-order chi connectivity index (χ0) is 23.3. The molecule has 0 bridgehead atoms. The lowest BCUT2D eigenvalue weighted by atomic mass is 10.0. The molecule has 3 aromatic rings. The summed E-state index contributed by atoms with van der Waals surface area (Å²) in [6.45, 7) is 5.54. The minimum Gasteiger partial charge on any atom is -0.497 e. The van der Waals surface area contributed by atoms with Crippen molar-refractivity contribution in [2.75, 3.05) is 19.5 Å². The summed E-state index contributed by atoms with van der Waals surface area (Å²) in [5, 5.41) is 12.6. The van der Waals surface area contributed by atoms with Crippen LogP contribution in [0.5, 0.6) is 11.5 Å². The summed E-state index contributed by atoms with van der Waals surface area (Å²) in [4.78, 5) is 30.2. The molecule has 0 unspecified atom stereocenters. The third kappa shape index (κ3) is 5.42. The summed E-state index contributed by atoms with van der Waals surface area (Å²) in [5.74, 6) is 1.33. The molecule has 0 aliphatic carbocycles. The number of anilines is 1. The molecule has 1 heterocycles. The van der Waals surface area contributed by atoms with Crippen LogP contribution in [-0.2, 0) is 4.79 Å². The summed E-state index contributed by atoms with van der Waals surface area (Å²) < 4.78 is 10.4. The van der Waals surface area contributed by atoms with Crippen molar-refractivity contribution in [2.45, 2.75) is 26.8 Å². The molecule has 168 valence electrons. The third-order valence-corrected chi connectivity index (χ3v) is 4.83. The van der Waals surface area contributed by atoms with Gasteiger partial charge in [0.15, 0.2) is 5.82 Å². The van der Waals surface area contributed by atoms with E-state index >= 15 is 0 Å². The van der Waals surface area contributed by atoms with E-state index in [-0.39, 0.29) is 11.8 Å². The number of hydrogen-bond donors (Lipinski definition) is 3. The van der Waals surface area contributed by atoms with Gasteiger partial charge in [0, 0.05) is 22.9 Å². The van der Waals surface area contributed by atoms with Crippen molar-refractivity contribution in [3.63, 3.8) is 0 Å². The van der Waals surface area contributed by atoms with Gasteiger partial charge >= 0.3 is 0 Å². The Morgan fingerprint density at radius 1 is 1.03 bits per heavy atom. The number of nitrogens with one attached hydrogen (secondary N) is 3. The molecule has 0 aliphatic heterocycles. The van der Waals surface area contributed by atoms with Crippen LogP contribution in [-0.4, -0.2) is 47.3 Å². The number of rotatable bonds is 8. The number of aromatic amines is 1. The highest BCUT2D eigenvalue weighted by molar-refractivity contribution is 6.01. The Morgan fingerprint density at radius 2 is 1.72 bits per heavy atom. The first kappa shape index (κ1) is 22.8. The molecule has 1 atom stereocenters. The first-order valence-corrected chi connectivity index (χ1v) is 10.1. The van der Waals surface area contributed by atoms with Crippen molar-refractivity contribution in [3.05, 3.63) is 53.9 Å². The molecule has 3 rings (SSSR count). The minimum atomic E-state index is -0.755. The Balaban J connectivity index is 1.76. The highest BCUT2D eigenvalue weighted by Crippen LogP contribution is 2.23. The van der Waals surface area contributed by atoms with Gasteiger partial charge in [0.05, 0.1) is 14.2 Å². The van der Waals surface area contributed by atoms with Crippen LogP contribution < -0.4 is 20.1 Å². The van der Waals surface area contributed by atoms with Crippen molar-refractivity contribution in [1.29, 1.82) is 0 Å². The molecule has 0 saturated heterocycles. The van der Waals surface area contributed by atoms with E-state index in [1.165, 1.54) is 14.2 Å². The number of ether oxygens (including phenoxy) is 2. The van der Waals surface area contributed by atoms with Gasteiger partial charge in [-0.3, -0.25) is 14.7 Å². The quantitative estimate of drug-likeness (QED) is 0.498. The molecule has 2 aromatic carbocycles. The maximum Gasteiger partial charge on any atom is 0.252 e. The molecule has 2 amide bonds. The Labute approximate surface area is 186 Å². The fraction of sp³-hybridized carbons (Fsp3) is 0.304. The highest BCUT2D eigenvalue weighted by Gasteiger charge is 2.25. The second-order valence-corrected chi connectivity index (χ2v) is 7.61. The summed E-state index contributed by atoms with van der Waals surface area (Å²) in [7, 11) is 3.02. The van der Waals surface area contributed by atoms with Crippen LogP contribution in [0.3, 0.4) is 0 Å². The zero-order valence-corrected chi connectivity index (χ0v) is 18.7. The lowest BCUT2D eigenvalue weighted by molar-refractivity contribution is -0.118. The summed E-state index contributed by atoms with van der Waals surface area (Å²) in [6, 6.07) is 11.3. The SMILES string of the molecule is COc1cc(OC)cc(C(=O)N[C@@H](C(=O)Nc2cccc(-c3n[nH]c(C)n3)c2)C(C)C)c1. The number of nitrogens with zero attached hydrogens (tertiary/aromatic N) is 2. The van der Waals surface area contributed by atoms with Crippen LogP contribution in [0.1, 0.15) is 30.0 Å². The number of H-pyrrole nitrogens is 1. The van der Waals surface area contributed by atoms with E-state index in [0.29, 0.717) is 34.4 Å². The number of aryl methyl sites for hydroxylation is 1. The minimum absolute atomic E-state index is 0.148. The summed E-state index contributed by atoms with van der Waals surface area (Å²) in [5.41, 5.74) is 1.68. The molecule has 3 N–H and O–H groups in total. The van der Waals surface area contributed by atoms with Gasteiger partial charge in [-0.2, -0.15) is 5.10 Å². The highest BCUT2D eigenvalue weighted by atomic mass is 16.5. The van der Waals surface area contributed by atoms with E-state index in [4.69, 9.17) is 9.47 Å². The topological polar surface area (TPSA) is 118 Å². The molecular weight excluding hydrogens is 410 g/mol. The van der Waals surface area contributed by atoms with Gasteiger partial charge in [0.2, 0.25) is 5.91 Å². The fourth-order valence-electron chi connectivity index (χ4n) is 3.13. The number of methoxy groups -OCH3 is 2. The molecule has 0 aliphatic rings. The Kier molecular flexibility index (Phi) is 7.09. The predicted molar refractivity (Wildman–Crippen MR) is 121 cm³/mol. The number of hydrogen-bond acceptors (Lipinski definition) is 6. The second-order valence-electron chi connectivity index (χ2n) is 7.61. The molecule has 32 heavy (non-hydrogen) atoms. The van der Waals surface area contributed by atoms with Crippen molar-refractivity contribution in [2.24, 2.45) is 5.92 Å². The van der Waals surface area contributed by atoms with Gasteiger partial charge in [0.1, 0.15) is 23.4 Å². The lowest BCUT2D eigenvalue weighted by Gasteiger charge is -2.22. The molecule has 0 saturated carbocycles. The summed E-state index contributed by atoms with van der Waals surface area (Å²) in [6.07, 6.45) is 0. The Hall–Kier alpha value is -3.88. The number of carbonyl (C=O) groups is 2. The van der Waals surface area contributed by atoms with Crippen LogP contribution in [0.2, 0.25) is 0 Å². The maximum atomic E-state index is 13.0. The number of benzene rings is 2. The van der Waals surface area contributed by atoms with Crippen LogP contribution in [0.15, 0.2) is 42.5 Å². The number of carbonyl (C=O) groups excluding carboxylic acids is 2. The largest absolute Gasteiger partial charge is 0.497 e. The van der Waals surface area contributed by atoms with E-state index in [1.807, 2.05) is 32.9 Å². The number of amides is 2. The average Bonchev–Trinajstić information content (AvgIpc) is 3.23. The van der Waals surface area contributed by atoms with Gasteiger partial charge < -0.3 is 20.1 Å². The molecule has 0 fully saturated rings. The summed E-state index contributed by atoms with van der Waals surface area (Å²) >= 11 is 0. The molecular formula is C23H27N5O4. The standard InChI is InChI=1S/C23H27N5O4/c1-13(2)20(26-22(29)16-10-18(31-4)12-19(11-16)32-5)23(30)25-17-8-6-7-15(9-17)21-24-14(3)27-28-21/h6-13,20H,1-5H3,(H,25,30)(H,26,29)(H,24,27,28)/t20-/m1/s1. The first-order valence-electron chi connectivity index (χ1n) is 10.1. The van der Waals surface area contributed by atoms with Gasteiger partial charge in [-0.25, -0.2) is 4.98 Å². The average molecular weight is 438 g/mol. The van der Waals surface area contributed by atoms with E-state index in [9.17, 15) is 9.59 Å². The van der Waals surface area contributed by atoms with Gasteiger partial charge in [-0.15, -0.1) is 0 Å². The van der Waals surface area contributed by atoms with Crippen molar-refractivity contribution < 1.29 is 19.1 Å². The van der Waals surface area contributed by atoms with Gasteiger partial charge in [0.25, 0.3) is 5.91 Å². The fourth-order valence-corrected chi connectivity index (χ4v) is 3.13. The Morgan fingerprint density at radius 3 is 2.28 bits per heavy atom. The van der Waals surface area contributed by atoms with Crippen LogP contribution >= 0.6 is 0 Å². The van der Waals surface area contributed by atoms with Gasteiger partial charge in [-0.05, 0) is 37.1 Å². The second kappa shape index (κ2) is 9.95. The Bertz CT molecular complexity index is 1090. The zero-order valence-electron chi connectivity index (χ0n) is 18.7. The molecule has 0 spiro atoms. The van der Waals surface area contributed by atoms with Crippen LogP contribution in [0, 0.1) is 12.8 Å². The predicted octanol–water partition coefficient (Wildman–Crippen LogP) is 3.19. The monoisotopic (exact) mass is 437 g/mol.